The Bertz CT molecular complexity index is 541. The molecule has 0 unspecified atom stereocenters. The minimum Gasteiger partial charge on any atom is -0.348 e. The van der Waals surface area contributed by atoms with Crippen molar-refractivity contribution in [2.24, 2.45) is 0 Å². The highest BCUT2D eigenvalue weighted by molar-refractivity contribution is 9.10. The Morgan fingerprint density at radius 3 is 2.65 bits per heavy atom. The van der Waals surface area contributed by atoms with E-state index in [1.54, 1.807) is 18.2 Å². The third-order valence-corrected chi connectivity index (χ3v) is 5.15. The zero-order valence-corrected chi connectivity index (χ0v) is 11.4. The van der Waals surface area contributed by atoms with Crippen LogP contribution in [-0.2, 0) is 9.84 Å². The highest BCUT2D eigenvalue weighted by Crippen LogP contribution is 2.17. The number of amides is 1. The van der Waals surface area contributed by atoms with Gasteiger partial charge in [0.25, 0.3) is 5.91 Å². The molecule has 1 amide bonds. The van der Waals surface area contributed by atoms with E-state index in [9.17, 15) is 13.2 Å². The Balaban J connectivity index is 2.06. The van der Waals surface area contributed by atoms with Crippen LogP contribution in [0, 0.1) is 0 Å². The molecule has 1 aromatic carbocycles. The van der Waals surface area contributed by atoms with Crippen LogP contribution < -0.4 is 5.32 Å². The first-order valence-corrected chi connectivity index (χ1v) is 7.85. The zero-order chi connectivity index (χ0) is 12.5. The molecule has 1 atom stereocenters. The van der Waals surface area contributed by atoms with Gasteiger partial charge in [0.2, 0.25) is 0 Å². The van der Waals surface area contributed by atoms with Crippen LogP contribution in [0.3, 0.4) is 0 Å². The van der Waals surface area contributed by atoms with Crippen LogP contribution in [0.5, 0.6) is 0 Å². The highest BCUT2D eigenvalue weighted by atomic mass is 79.9. The quantitative estimate of drug-likeness (QED) is 0.896. The van der Waals surface area contributed by atoms with Gasteiger partial charge in [-0.15, -0.1) is 0 Å². The molecule has 1 saturated heterocycles. The molecule has 4 nitrogen and oxygen atoms in total. The standard InChI is InChI=1S/C11H12BrNO3S/c12-10-4-2-1-3-9(10)11(14)13-8-5-6-17(15,16)7-8/h1-4,8H,5-7H2,(H,13,14)/t8-/m0/s1. The molecular formula is C11H12BrNO3S. The summed E-state index contributed by atoms with van der Waals surface area (Å²) in [4.78, 5) is 11.9. The Kier molecular flexibility index (Phi) is 3.53. The van der Waals surface area contributed by atoms with Gasteiger partial charge in [-0.25, -0.2) is 8.42 Å². The van der Waals surface area contributed by atoms with Crippen molar-refractivity contribution in [1.29, 1.82) is 0 Å². The van der Waals surface area contributed by atoms with Crippen molar-refractivity contribution in [3.63, 3.8) is 0 Å². The Hall–Kier alpha value is -0.880. The molecule has 1 aromatic rings. The van der Waals surface area contributed by atoms with Crippen LogP contribution in [0.1, 0.15) is 16.8 Å². The van der Waals surface area contributed by atoms with Crippen molar-refractivity contribution in [3.8, 4) is 0 Å². The summed E-state index contributed by atoms with van der Waals surface area (Å²) >= 11 is 3.29. The lowest BCUT2D eigenvalue weighted by Gasteiger charge is -2.11. The lowest BCUT2D eigenvalue weighted by atomic mass is 10.2. The van der Waals surface area contributed by atoms with E-state index in [4.69, 9.17) is 0 Å². The topological polar surface area (TPSA) is 63.2 Å². The lowest BCUT2D eigenvalue weighted by molar-refractivity contribution is 0.0940. The van der Waals surface area contributed by atoms with Gasteiger partial charge in [0.15, 0.2) is 9.84 Å². The second-order valence-electron chi connectivity index (χ2n) is 4.05. The summed E-state index contributed by atoms with van der Waals surface area (Å²) in [5.74, 6) is -0.0310. The first-order valence-electron chi connectivity index (χ1n) is 5.24. The lowest BCUT2D eigenvalue weighted by Crippen LogP contribution is -2.35. The largest absolute Gasteiger partial charge is 0.348 e. The number of carbonyl (C=O) groups is 1. The van der Waals surface area contributed by atoms with Gasteiger partial charge in [-0.1, -0.05) is 12.1 Å². The van der Waals surface area contributed by atoms with E-state index in [1.165, 1.54) is 0 Å². The van der Waals surface area contributed by atoms with Gasteiger partial charge in [-0.05, 0) is 34.5 Å². The minimum absolute atomic E-state index is 0.0448. The molecule has 1 aliphatic heterocycles. The Morgan fingerprint density at radius 2 is 2.06 bits per heavy atom. The van der Waals surface area contributed by atoms with Gasteiger partial charge in [-0.3, -0.25) is 4.79 Å². The predicted octanol–water partition coefficient (Wildman–Crippen LogP) is 1.37. The molecule has 1 aliphatic rings. The molecule has 0 spiro atoms. The van der Waals surface area contributed by atoms with Gasteiger partial charge in [-0.2, -0.15) is 0 Å². The molecule has 0 aromatic heterocycles. The average Bonchev–Trinajstić information content (AvgIpc) is 2.58. The monoisotopic (exact) mass is 317 g/mol. The molecule has 2 rings (SSSR count). The van der Waals surface area contributed by atoms with Gasteiger partial charge in [0.05, 0.1) is 17.1 Å². The maximum Gasteiger partial charge on any atom is 0.252 e. The van der Waals surface area contributed by atoms with Crippen molar-refractivity contribution >= 4 is 31.7 Å². The molecule has 1 fully saturated rings. The smallest absolute Gasteiger partial charge is 0.252 e. The number of sulfone groups is 1. The number of benzene rings is 1. The summed E-state index contributed by atoms with van der Waals surface area (Å²) in [6.45, 7) is 0. The number of nitrogens with one attached hydrogen (secondary N) is 1. The fourth-order valence-corrected chi connectivity index (χ4v) is 3.96. The number of rotatable bonds is 2. The molecule has 0 saturated carbocycles. The van der Waals surface area contributed by atoms with Crippen molar-refractivity contribution < 1.29 is 13.2 Å². The van der Waals surface area contributed by atoms with E-state index in [0.717, 1.165) is 0 Å². The van der Waals surface area contributed by atoms with E-state index in [0.29, 0.717) is 16.5 Å². The molecule has 17 heavy (non-hydrogen) atoms. The van der Waals surface area contributed by atoms with Crippen molar-refractivity contribution in [2.45, 2.75) is 12.5 Å². The minimum atomic E-state index is -2.96. The number of hydrogen-bond donors (Lipinski definition) is 1. The first-order chi connectivity index (χ1) is 7.98. The maximum absolute atomic E-state index is 11.9. The van der Waals surface area contributed by atoms with E-state index in [1.807, 2.05) is 6.07 Å². The molecule has 1 N–H and O–H groups in total. The maximum atomic E-state index is 11.9. The third-order valence-electron chi connectivity index (χ3n) is 2.69. The molecule has 0 aliphatic carbocycles. The molecule has 92 valence electrons. The molecule has 1 heterocycles. The van der Waals surface area contributed by atoms with E-state index in [-0.39, 0.29) is 23.5 Å². The normalized spacial score (nSPS) is 22.3. The molecule has 0 bridgehead atoms. The van der Waals surface area contributed by atoms with Crippen molar-refractivity contribution in [2.75, 3.05) is 11.5 Å². The van der Waals surface area contributed by atoms with E-state index >= 15 is 0 Å². The zero-order valence-electron chi connectivity index (χ0n) is 9.02. The summed E-state index contributed by atoms with van der Waals surface area (Å²) in [6, 6.07) is 6.80. The van der Waals surface area contributed by atoms with E-state index < -0.39 is 9.84 Å². The second kappa shape index (κ2) is 4.78. The molecular weight excluding hydrogens is 306 g/mol. The predicted molar refractivity (Wildman–Crippen MR) is 68.7 cm³/mol. The molecule has 6 heteroatoms. The Morgan fingerprint density at radius 1 is 1.35 bits per heavy atom. The van der Waals surface area contributed by atoms with Gasteiger partial charge >= 0.3 is 0 Å². The number of hydrogen-bond acceptors (Lipinski definition) is 3. The summed E-state index contributed by atoms with van der Waals surface area (Å²) < 4.78 is 23.2. The van der Waals surface area contributed by atoms with Gasteiger partial charge in [0, 0.05) is 10.5 Å². The SMILES string of the molecule is O=C(N[C@H]1CCS(=O)(=O)C1)c1ccccc1Br. The van der Waals surface area contributed by atoms with Gasteiger partial charge < -0.3 is 5.32 Å². The van der Waals surface area contributed by atoms with Crippen LogP contribution in [-0.4, -0.2) is 31.9 Å². The first kappa shape index (κ1) is 12.6. The summed E-state index contributed by atoms with van der Waals surface area (Å²) in [5.41, 5.74) is 0.525. The van der Waals surface area contributed by atoms with Crippen LogP contribution in [0.2, 0.25) is 0 Å². The van der Waals surface area contributed by atoms with Crippen molar-refractivity contribution in [1.82, 2.24) is 5.32 Å². The Labute approximate surface area is 108 Å². The summed E-state index contributed by atoms with van der Waals surface area (Å²) in [7, 11) is -2.96. The van der Waals surface area contributed by atoms with Crippen LogP contribution >= 0.6 is 15.9 Å². The van der Waals surface area contributed by atoms with Gasteiger partial charge in [0.1, 0.15) is 0 Å². The number of carbonyl (C=O) groups excluding carboxylic acids is 1. The summed E-state index contributed by atoms with van der Waals surface area (Å²) in [6.07, 6.45) is 0.499. The fourth-order valence-electron chi connectivity index (χ4n) is 1.82. The van der Waals surface area contributed by atoms with Crippen LogP contribution in [0.25, 0.3) is 0 Å². The second-order valence-corrected chi connectivity index (χ2v) is 7.14. The van der Waals surface area contributed by atoms with Crippen molar-refractivity contribution in [3.05, 3.63) is 34.3 Å². The third kappa shape index (κ3) is 3.07. The number of halogens is 1. The van der Waals surface area contributed by atoms with Crippen LogP contribution in [0.4, 0.5) is 0 Å². The average molecular weight is 318 g/mol. The fraction of sp³-hybridized carbons (Fsp3) is 0.364. The highest BCUT2D eigenvalue weighted by Gasteiger charge is 2.29. The molecule has 0 radical (unpaired) electrons. The summed E-state index contributed by atoms with van der Waals surface area (Å²) in [5, 5.41) is 2.74. The van der Waals surface area contributed by atoms with Crippen LogP contribution in [0.15, 0.2) is 28.7 Å². The van der Waals surface area contributed by atoms with E-state index in [2.05, 4.69) is 21.2 Å².